The minimum absolute atomic E-state index is 0.356. The number of hydrogen-bond acceptors (Lipinski definition) is 6. The fourth-order valence-electron chi connectivity index (χ4n) is 3.51. The summed E-state index contributed by atoms with van der Waals surface area (Å²) < 4.78 is 11.2. The van der Waals surface area contributed by atoms with Crippen LogP contribution in [0.5, 0.6) is 5.75 Å². The molecule has 29 heavy (non-hydrogen) atoms. The van der Waals surface area contributed by atoms with Crippen LogP contribution in [-0.4, -0.2) is 40.2 Å². The number of hydrogen-bond donors (Lipinski definition) is 3. The molecule has 9 nitrogen and oxygen atoms in total. The second kappa shape index (κ2) is 7.94. The Morgan fingerprint density at radius 2 is 1.90 bits per heavy atom. The van der Waals surface area contributed by atoms with Gasteiger partial charge in [-0.2, -0.15) is 0 Å². The minimum Gasteiger partial charge on any atom is -0.481 e. The van der Waals surface area contributed by atoms with Crippen molar-refractivity contribution in [2.45, 2.75) is 51.7 Å². The monoisotopic (exact) mass is 403 g/mol. The van der Waals surface area contributed by atoms with Crippen molar-refractivity contribution in [3.63, 3.8) is 0 Å². The van der Waals surface area contributed by atoms with E-state index in [1.54, 1.807) is 19.1 Å². The molecule has 0 spiro atoms. The minimum atomic E-state index is -1.57. The summed E-state index contributed by atoms with van der Waals surface area (Å²) in [5.41, 5.74) is 2.21. The molecule has 3 rings (SSSR count). The van der Waals surface area contributed by atoms with Gasteiger partial charge in [0.15, 0.2) is 6.10 Å². The highest BCUT2D eigenvalue weighted by atomic mass is 16.5. The Morgan fingerprint density at radius 3 is 2.55 bits per heavy atom. The van der Waals surface area contributed by atoms with Crippen molar-refractivity contribution in [1.82, 2.24) is 5.32 Å². The number of aryl methyl sites for hydroxylation is 2. The molecule has 154 valence electrons. The van der Waals surface area contributed by atoms with E-state index in [2.05, 4.69) is 5.32 Å². The lowest BCUT2D eigenvalue weighted by Crippen LogP contribution is -2.47. The van der Waals surface area contributed by atoms with Crippen LogP contribution in [0.15, 0.2) is 21.3 Å². The third-order valence-electron chi connectivity index (χ3n) is 4.85. The lowest BCUT2D eigenvalue weighted by molar-refractivity contribution is -0.147. The summed E-state index contributed by atoms with van der Waals surface area (Å²) >= 11 is 0. The maximum absolute atomic E-state index is 12.4. The van der Waals surface area contributed by atoms with Gasteiger partial charge in [0.05, 0.1) is 11.8 Å². The van der Waals surface area contributed by atoms with Crippen LogP contribution in [0.2, 0.25) is 0 Å². The van der Waals surface area contributed by atoms with Gasteiger partial charge >= 0.3 is 17.6 Å². The molecule has 0 radical (unpaired) electrons. The van der Waals surface area contributed by atoms with E-state index in [1.165, 1.54) is 6.92 Å². The Labute approximate surface area is 165 Å². The first-order valence-electron chi connectivity index (χ1n) is 9.18. The average Bonchev–Trinajstić information content (AvgIpc) is 3.10. The lowest BCUT2D eigenvalue weighted by atomic mass is 10.0. The Hall–Kier alpha value is -3.36. The van der Waals surface area contributed by atoms with Crippen LogP contribution < -0.4 is 15.7 Å². The third kappa shape index (κ3) is 4.23. The number of ether oxygens (including phenoxy) is 1. The van der Waals surface area contributed by atoms with Gasteiger partial charge in [-0.1, -0.05) is 0 Å². The normalized spacial score (nSPS) is 14.8. The fraction of sp³-hybridized carbons (Fsp3) is 0.400. The third-order valence-corrected chi connectivity index (χ3v) is 4.85. The summed E-state index contributed by atoms with van der Waals surface area (Å²) in [4.78, 5) is 46.5. The number of carbonyl (C=O) groups excluding carboxylic acids is 1. The van der Waals surface area contributed by atoms with E-state index >= 15 is 0 Å². The van der Waals surface area contributed by atoms with E-state index in [-0.39, 0.29) is 5.63 Å². The number of fused-ring (bicyclic) bond motifs is 3. The number of nitrogens with one attached hydrogen (secondary N) is 1. The van der Waals surface area contributed by atoms with E-state index in [0.717, 1.165) is 17.5 Å². The van der Waals surface area contributed by atoms with Crippen LogP contribution >= 0.6 is 0 Å². The zero-order valence-electron chi connectivity index (χ0n) is 16.0. The maximum Gasteiger partial charge on any atom is 0.339 e. The molecule has 1 unspecified atom stereocenters. The number of carboxylic acids is 2. The van der Waals surface area contributed by atoms with Gasteiger partial charge in [0, 0.05) is 5.56 Å². The first kappa shape index (κ1) is 20.4. The predicted octanol–water partition coefficient (Wildman–Crippen LogP) is 1.40. The molecule has 0 fully saturated rings. The van der Waals surface area contributed by atoms with Gasteiger partial charge in [0.2, 0.25) is 0 Å². The van der Waals surface area contributed by atoms with Gasteiger partial charge < -0.3 is 24.7 Å². The van der Waals surface area contributed by atoms with Crippen LogP contribution in [0.1, 0.15) is 36.5 Å². The van der Waals surface area contributed by atoms with Gasteiger partial charge in [0.1, 0.15) is 17.4 Å². The Morgan fingerprint density at radius 1 is 1.21 bits per heavy atom. The summed E-state index contributed by atoms with van der Waals surface area (Å²) in [6.45, 7) is 3.22. The van der Waals surface area contributed by atoms with Crippen molar-refractivity contribution in [2.24, 2.45) is 0 Å². The van der Waals surface area contributed by atoms with Crippen LogP contribution in [0.4, 0.5) is 0 Å². The van der Waals surface area contributed by atoms with Crippen LogP contribution in [0.3, 0.4) is 0 Å². The highest BCUT2D eigenvalue weighted by molar-refractivity contribution is 5.91. The molecule has 9 heteroatoms. The summed E-state index contributed by atoms with van der Waals surface area (Å²) in [6, 6.07) is 1.87. The van der Waals surface area contributed by atoms with Crippen LogP contribution in [-0.2, 0) is 27.2 Å². The molecular formula is C20H21NO8. The molecule has 0 saturated heterocycles. The maximum atomic E-state index is 12.4. The van der Waals surface area contributed by atoms with Crippen molar-refractivity contribution >= 4 is 28.8 Å². The second-order valence-electron chi connectivity index (χ2n) is 7.09. The van der Waals surface area contributed by atoms with E-state index < -0.39 is 36.4 Å². The molecule has 1 aromatic heterocycles. The van der Waals surface area contributed by atoms with E-state index in [0.29, 0.717) is 35.1 Å². The molecule has 1 aliphatic carbocycles. The average molecular weight is 403 g/mol. The number of carboxylic acid groups (broad SMARTS) is 2. The molecule has 3 N–H and O–H groups in total. The quantitative estimate of drug-likeness (QED) is 0.589. The van der Waals surface area contributed by atoms with Crippen molar-refractivity contribution in [2.75, 3.05) is 0 Å². The highest BCUT2D eigenvalue weighted by Gasteiger charge is 2.28. The standard InChI is InChI=1S/C20H21NO8/c1-9-6-14(17-11-4-3-5-12(11)20(27)29-15(17)7-9)28-10(2)18(24)21-13(19(25)26)8-16(22)23/h6-7,10,13H,3-5,8H2,1-2H3,(H,21,24)(H,22,23)(H,25,26)/t10?,13-/m0/s1. The number of aliphatic carboxylic acids is 2. The summed E-state index contributed by atoms with van der Waals surface area (Å²) in [7, 11) is 0. The number of amides is 1. The predicted molar refractivity (Wildman–Crippen MR) is 101 cm³/mol. The van der Waals surface area contributed by atoms with E-state index in [1.807, 2.05) is 0 Å². The molecule has 2 atom stereocenters. The topological polar surface area (TPSA) is 143 Å². The molecule has 1 amide bonds. The molecule has 0 saturated carbocycles. The van der Waals surface area contributed by atoms with E-state index in [9.17, 15) is 19.2 Å². The number of rotatable bonds is 7. The largest absolute Gasteiger partial charge is 0.481 e. The molecule has 1 aliphatic rings. The number of carbonyl (C=O) groups is 3. The number of benzene rings is 1. The fourth-order valence-corrected chi connectivity index (χ4v) is 3.51. The SMILES string of the molecule is Cc1cc(OC(C)C(=O)N[C@@H](CC(=O)O)C(=O)O)c2c3c(c(=O)oc2c1)CCC3. The first-order chi connectivity index (χ1) is 13.7. The summed E-state index contributed by atoms with van der Waals surface area (Å²) in [5, 5.41) is 20.7. The highest BCUT2D eigenvalue weighted by Crippen LogP contribution is 2.35. The molecule has 1 heterocycles. The van der Waals surface area contributed by atoms with Crippen LogP contribution in [0.25, 0.3) is 11.0 Å². The van der Waals surface area contributed by atoms with E-state index in [4.69, 9.17) is 19.4 Å². The van der Waals surface area contributed by atoms with Crippen molar-refractivity contribution in [3.05, 3.63) is 39.2 Å². The lowest BCUT2D eigenvalue weighted by Gasteiger charge is -2.19. The summed E-state index contributed by atoms with van der Waals surface area (Å²) in [6.07, 6.45) is 0.279. The van der Waals surface area contributed by atoms with Gasteiger partial charge in [-0.25, -0.2) is 9.59 Å². The Kier molecular flexibility index (Phi) is 5.58. The summed E-state index contributed by atoms with van der Waals surface area (Å²) in [5.74, 6) is -3.20. The van der Waals surface area contributed by atoms with Crippen molar-refractivity contribution in [3.8, 4) is 5.75 Å². The van der Waals surface area contributed by atoms with Crippen molar-refractivity contribution in [1.29, 1.82) is 0 Å². The van der Waals surface area contributed by atoms with Gasteiger partial charge in [-0.15, -0.1) is 0 Å². The smallest absolute Gasteiger partial charge is 0.339 e. The molecule has 0 bridgehead atoms. The van der Waals surface area contributed by atoms with Gasteiger partial charge in [0.25, 0.3) is 5.91 Å². The zero-order valence-corrected chi connectivity index (χ0v) is 16.0. The van der Waals surface area contributed by atoms with Gasteiger partial charge in [-0.05, 0) is 56.4 Å². The Bertz CT molecular complexity index is 1050. The van der Waals surface area contributed by atoms with Gasteiger partial charge in [-0.3, -0.25) is 9.59 Å². The molecule has 2 aromatic rings. The van der Waals surface area contributed by atoms with Crippen LogP contribution in [0, 0.1) is 6.92 Å². The van der Waals surface area contributed by atoms with Crippen molar-refractivity contribution < 1.29 is 33.8 Å². The Balaban J connectivity index is 1.90. The molecule has 0 aliphatic heterocycles. The second-order valence-corrected chi connectivity index (χ2v) is 7.09. The molecule has 1 aromatic carbocycles. The first-order valence-corrected chi connectivity index (χ1v) is 9.18. The molecular weight excluding hydrogens is 382 g/mol. The zero-order chi connectivity index (χ0) is 21.3.